The second-order valence-corrected chi connectivity index (χ2v) is 8.31. The van der Waals surface area contributed by atoms with Gasteiger partial charge >= 0.3 is 0 Å². The van der Waals surface area contributed by atoms with Crippen molar-refractivity contribution in [3.8, 4) is 11.4 Å². The van der Waals surface area contributed by atoms with Crippen molar-refractivity contribution in [3.05, 3.63) is 111 Å². The molecule has 0 saturated carbocycles. The van der Waals surface area contributed by atoms with E-state index in [1.807, 2.05) is 30.7 Å². The highest BCUT2D eigenvalue weighted by Crippen LogP contribution is 2.30. The molecule has 2 aromatic carbocycles. The second kappa shape index (κ2) is 10.1. The van der Waals surface area contributed by atoms with E-state index in [4.69, 9.17) is 4.74 Å². The van der Waals surface area contributed by atoms with E-state index in [-0.39, 0.29) is 23.0 Å². The molecule has 180 valence electrons. The summed E-state index contributed by atoms with van der Waals surface area (Å²) in [5.41, 5.74) is 3.40. The molecular formula is C27H27FN4O3. The number of aromatic nitrogens is 3. The number of imidazole rings is 1. The lowest BCUT2D eigenvalue weighted by molar-refractivity contribution is 0.217. The van der Waals surface area contributed by atoms with Crippen LogP contribution in [0.2, 0.25) is 0 Å². The Labute approximate surface area is 202 Å². The molecule has 0 bridgehead atoms. The largest absolute Gasteiger partial charge is 0.495 e. The van der Waals surface area contributed by atoms with Gasteiger partial charge in [-0.2, -0.15) is 0 Å². The molecule has 1 unspecified atom stereocenters. The van der Waals surface area contributed by atoms with E-state index in [0.29, 0.717) is 16.9 Å². The van der Waals surface area contributed by atoms with Crippen LogP contribution in [0.25, 0.3) is 5.69 Å². The van der Waals surface area contributed by atoms with E-state index in [2.05, 4.69) is 9.98 Å². The molecule has 35 heavy (non-hydrogen) atoms. The number of rotatable bonds is 7. The van der Waals surface area contributed by atoms with E-state index in [1.165, 1.54) is 16.7 Å². The average Bonchev–Trinajstić information content (AvgIpc) is 3.30. The number of aliphatic imine (C=N–C) groups is 1. The van der Waals surface area contributed by atoms with Crippen LogP contribution >= 0.6 is 0 Å². The van der Waals surface area contributed by atoms with Crippen molar-refractivity contribution >= 4 is 6.21 Å². The van der Waals surface area contributed by atoms with Crippen LogP contribution in [0.4, 0.5) is 4.39 Å². The Morgan fingerprint density at radius 2 is 1.83 bits per heavy atom. The molecule has 2 atom stereocenters. The summed E-state index contributed by atoms with van der Waals surface area (Å²) >= 11 is 0. The van der Waals surface area contributed by atoms with Gasteiger partial charge in [0.2, 0.25) is 0 Å². The predicted octanol–water partition coefficient (Wildman–Crippen LogP) is 4.23. The first kappa shape index (κ1) is 24.1. The van der Waals surface area contributed by atoms with E-state index in [9.17, 15) is 14.3 Å². The molecule has 7 nitrogen and oxygen atoms in total. The quantitative estimate of drug-likeness (QED) is 0.407. The third kappa shape index (κ3) is 4.93. The highest BCUT2D eigenvalue weighted by Gasteiger charge is 2.21. The first-order valence-corrected chi connectivity index (χ1v) is 11.1. The monoisotopic (exact) mass is 474 g/mol. The van der Waals surface area contributed by atoms with Crippen LogP contribution in [0.15, 0.2) is 77.0 Å². The number of aryl methyl sites for hydroxylation is 1. The number of ether oxygens (including phenoxy) is 1. The fraction of sp³-hybridized carbons (Fsp3) is 0.222. The first-order valence-electron chi connectivity index (χ1n) is 11.1. The second-order valence-electron chi connectivity index (χ2n) is 8.31. The topological polar surface area (TPSA) is 81.6 Å². The van der Waals surface area contributed by atoms with Crippen molar-refractivity contribution in [2.24, 2.45) is 4.99 Å². The van der Waals surface area contributed by atoms with Gasteiger partial charge in [-0.05, 0) is 55.3 Å². The van der Waals surface area contributed by atoms with Gasteiger partial charge in [-0.25, -0.2) is 9.37 Å². The lowest BCUT2D eigenvalue weighted by Crippen LogP contribution is -2.29. The normalized spacial score (nSPS) is 13.2. The number of aliphatic hydroxyl groups excluding tert-OH is 1. The lowest BCUT2D eigenvalue weighted by Gasteiger charge is -2.20. The molecule has 0 aliphatic carbocycles. The van der Waals surface area contributed by atoms with Gasteiger partial charge in [0.1, 0.15) is 17.7 Å². The van der Waals surface area contributed by atoms with E-state index in [0.717, 1.165) is 16.9 Å². The van der Waals surface area contributed by atoms with E-state index in [1.54, 1.807) is 63.2 Å². The Morgan fingerprint density at radius 3 is 2.46 bits per heavy atom. The van der Waals surface area contributed by atoms with Crippen molar-refractivity contribution in [2.45, 2.75) is 26.0 Å². The molecule has 0 fully saturated rings. The third-order valence-corrected chi connectivity index (χ3v) is 5.94. The van der Waals surface area contributed by atoms with Crippen LogP contribution in [-0.4, -0.2) is 39.6 Å². The van der Waals surface area contributed by atoms with Gasteiger partial charge in [-0.15, -0.1) is 0 Å². The molecule has 4 aromatic rings. The van der Waals surface area contributed by atoms with Gasteiger partial charge in [0.05, 0.1) is 36.4 Å². The van der Waals surface area contributed by atoms with E-state index >= 15 is 0 Å². The third-order valence-electron chi connectivity index (χ3n) is 5.94. The maximum Gasteiger partial charge on any atom is 0.257 e. The van der Waals surface area contributed by atoms with Crippen molar-refractivity contribution in [2.75, 3.05) is 14.2 Å². The van der Waals surface area contributed by atoms with Crippen LogP contribution in [0.1, 0.15) is 47.0 Å². The first-order chi connectivity index (χ1) is 16.8. The number of aliphatic hydroxyl groups is 1. The Morgan fingerprint density at radius 1 is 1.11 bits per heavy atom. The van der Waals surface area contributed by atoms with E-state index < -0.39 is 6.10 Å². The van der Waals surface area contributed by atoms with Crippen molar-refractivity contribution in [1.29, 1.82) is 0 Å². The minimum atomic E-state index is -1.20. The molecule has 8 heteroatoms. The fourth-order valence-electron chi connectivity index (χ4n) is 4.06. The SMILES string of the molecule is CN=Cc1cc(C(O)c2ccc(-n3cnc(C)c3)c(OC)c2)c(=O)n([C@@H](C)c2ccc(F)cc2)c1. The molecule has 0 radical (unpaired) electrons. The predicted molar refractivity (Wildman–Crippen MR) is 133 cm³/mol. The summed E-state index contributed by atoms with van der Waals surface area (Å²) in [4.78, 5) is 21.8. The summed E-state index contributed by atoms with van der Waals surface area (Å²) in [7, 11) is 3.19. The van der Waals surface area contributed by atoms with Crippen molar-refractivity contribution in [1.82, 2.24) is 14.1 Å². The number of hydrogen-bond donors (Lipinski definition) is 1. The minimum Gasteiger partial charge on any atom is -0.495 e. The van der Waals surface area contributed by atoms with Gasteiger partial charge in [0.15, 0.2) is 0 Å². The standard InChI is InChI=1S/C27H27FN4O3/c1-17-14-31(16-30-17)24-10-7-21(12-25(24)35-4)26(33)23-11-19(13-29-3)15-32(27(23)34)18(2)20-5-8-22(28)9-6-20/h5-16,18,26,33H,1-4H3/t18-,26?/m0/s1. The van der Waals surface area contributed by atoms with Crippen LogP contribution < -0.4 is 10.3 Å². The number of pyridine rings is 1. The molecular weight excluding hydrogens is 447 g/mol. The van der Waals surface area contributed by atoms with Crippen LogP contribution in [0.5, 0.6) is 5.75 Å². The van der Waals surface area contributed by atoms with Gasteiger partial charge in [0.25, 0.3) is 5.56 Å². The Balaban J connectivity index is 1.78. The summed E-state index contributed by atoms with van der Waals surface area (Å²) in [6, 6.07) is 12.5. The van der Waals surface area contributed by atoms with Gasteiger partial charge in [-0.1, -0.05) is 18.2 Å². The Kier molecular flexibility index (Phi) is 6.93. The molecule has 0 spiro atoms. The summed E-state index contributed by atoms with van der Waals surface area (Å²) < 4.78 is 22.3. The van der Waals surface area contributed by atoms with Gasteiger partial charge in [-0.3, -0.25) is 9.79 Å². The lowest BCUT2D eigenvalue weighted by atomic mass is 9.99. The molecule has 2 aromatic heterocycles. The van der Waals surface area contributed by atoms with Gasteiger partial charge in [0, 0.05) is 31.2 Å². The van der Waals surface area contributed by atoms with Crippen molar-refractivity contribution < 1.29 is 14.2 Å². The summed E-state index contributed by atoms with van der Waals surface area (Å²) in [5.74, 6) is 0.185. The zero-order chi connectivity index (χ0) is 25.1. The number of hydrogen-bond acceptors (Lipinski definition) is 5. The maximum absolute atomic E-state index is 13.5. The average molecular weight is 475 g/mol. The number of nitrogens with zero attached hydrogens (tertiary/aromatic N) is 4. The molecule has 4 rings (SSSR count). The zero-order valence-electron chi connectivity index (χ0n) is 20.0. The number of methoxy groups -OCH3 is 1. The minimum absolute atomic E-state index is 0.199. The molecule has 2 heterocycles. The van der Waals surface area contributed by atoms with Gasteiger partial charge < -0.3 is 19.0 Å². The highest BCUT2D eigenvalue weighted by molar-refractivity contribution is 5.79. The Bertz CT molecular complexity index is 1420. The zero-order valence-corrected chi connectivity index (χ0v) is 20.0. The number of benzene rings is 2. The maximum atomic E-state index is 13.5. The summed E-state index contributed by atoms with van der Waals surface area (Å²) in [6.45, 7) is 3.74. The molecule has 0 aliphatic rings. The summed E-state index contributed by atoms with van der Waals surface area (Å²) in [5, 5.41) is 11.3. The molecule has 0 amide bonds. The molecule has 0 saturated heterocycles. The molecule has 0 aliphatic heterocycles. The van der Waals surface area contributed by atoms with Crippen molar-refractivity contribution in [3.63, 3.8) is 0 Å². The number of halogens is 1. The van der Waals surface area contributed by atoms with Crippen LogP contribution in [-0.2, 0) is 0 Å². The van der Waals surface area contributed by atoms with Crippen LogP contribution in [0.3, 0.4) is 0 Å². The smallest absolute Gasteiger partial charge is 0.257 e. The molecule has 1 N–H and O–H groups in total. The van der Waals surface area contributed by atoms with Crippen LogP contribution in [0, 0.1) is 12.7 Å². The highest BCUT2D eigenvalue weighted by atomic mass is 19.1. The fourth-order valence-corrected chi connectivity index (χ4v) is 4.06. The Hall–Kier alpha value is -4.04. The summed E-state index contributed by atoms with van der Waals surface area (Å²) in [6.07, 6.45) is 5.66.